The molecule has 0 aliphatic carbocycles. The first-order valence-electron chi connectivity index (χ1n) is 2.70. The number of aliphatic hydroxyl groups is 2. The van der Waals surface area contributed by atoms with E-state index in [9.17, 15) is 9.59 Å². The normalized spacial score (nSPS) is 14.0. The number of hydrogen-bond acceptors (Lipinski definition) is 6. The molecule has 2 unspecified atom stereocenters. The molecule has 0 amide bonds. The van der Waals surface area contributed by atoms with E-state index in [1.165, 1.54) is 0 Å². The summed E-state index contributed by atoms with van der Waals surface area (Å²) in [4.78, 5) is 24.7. The molecule has 0 aliphatic heterocycles. The van der Waals surface area contributed by atoms with Crippen molar-refractivity contribution in [2.45, 2.75) is 18.9 Å². The molecule has 0 aromatic heterocycles. The van der Waals surface area contributed by atoms with Crippen LogP contribution < -0.4 is 0 Å². The van der Waals surface area contributed by atoms with Gasteiger partial charge >= 0.3 is 0 Å². The maximum atomic E-state index is 9.51. The van der Waals surface area contributed by atoms with Crippen molar-refractivity contribution in [2.24, 2.45) is 9.98 Å². The van der Waals surface area contributed by atoms with Gasteiger partial charge in [-0.3, -0.25) is 0 Å². The minimum atomic E-state index is -1.38. The number of aliphatic imine (C=N–C) groups is 2. The van der Waals surface area contributed by atoms with E-state index in [-0.39, 0.29) is 6.42 Å². The number of aliphatic hydroxyl groups excluding tert-OH is 2. The minimum absolute atomic E-state index is 0.315. The van der Waals surface area contributed by atoms with E-state index in [2.05, 4.69) is 9.98 Å². The van der Waals surface area contributed by atoms with Gasteiger partial charge in [0.2, 0.25) is 12.2 Å². The monoisotopic (exact) mass is 158 g/mol. The van der Waals surface area contributed by atoms with Crippen LogP contribution in [0.15, 0.2) is 9.98 Å². The first-order chi connectivity index (χ1) is 5.20. The number of hydrogen-bond donors (Lipinski definition) is 2. The molecule has 0 saturated carbocycles. The predicted molar refractivity (Wildman–Crippen MR) is 32.9 cm³/mol. The van der Waals surface area contributed by atoms with Crippen LogP contribution in [0.2, 0.25) is 0 Å². The van der Waals surface area contributed by atoms with Gasteiger partial charge in [0.1, 0.15) is 0 Å². The maximum absolute atomic E-state index is 9.51. The highest BCUT2D eigenvalue weighted by Crippen LogP contribution is 1.98. The highest BCUT2D eigenvalue weighted by Gasteiger charge is 2.08. The molecule has 6 heteroatoms. The Labute approximate surface area is 61.9 Å². The molecule has 0 spiro atoms. The van der Waals surface area contributed by atoms with Gasteiger partial charge in [0, 0.05) is 6.42 Å². The van der Waals surface area contributed by atoms with Gasteiger partial charge in [0.25, 0.3) is 0 Å². The lowest BCUT2D eigenvalue weighted by molar-refractivity contribution is 0.0909. The van der Waals surface area contributed by atoms with Gasteiger partial charge in [-0.2, -0.15) is 9.98 Å². The zero-order valence-electron chi connectivity index (χ0n) is 5.47. The van der Waals surface area contributed by atoms with Crippen LogP contribution in [0.3, 0.4) is 0 Å². The largest absolute Gasteiger partial charge is 0.371 e. The van der Waals surface area contributed by atoms with Crippen LogP contribution >= 0.6 is 0 Å². The van der Waals surface area contributed by atoms with E-state index in [1.807, 2.05) is 0 Å². The summed E-state index contributed by atoms with van der Waals surface area (Å²) in [5.41, 5.74) is 0. The van der Waals surface area contributed by atoms with Crippen molar-refractivity contribution in [1.82, 2.24) is 0 Å². The SMILES string of the molecule is O=C=NC(O)CC(O)N=C=O. The molecule has 0 heterocycles. The fraction of sp³-hybridized carbons (Fsp3) is 0.600. The molecular formula is C5H6N2O4. The molecule has 60 valence electrons. The van der Waals surface area contributed by atoms with Crippen molar-refractivity contribution in [3.05, 3.63) is 0 Å². The van der Waals surface area contributed by atoms with Crippen molar-refractivity contribution in [2.75, 3.05) is 0 Å². The first kappa shape index (κ1) is 9.68. The summed E-state index contributed by atoms with van der Waals surface area (Å²) >= 11 is 0. The van der Waals surface area contributed by atoms with Crippen LogP contribution in [0.5, 0.6) is 0 Å². The Balaban J connectivity index is 3.83. The lowest BCUT2D eigenvalue weighted by Crippen LogP contribution is -2.13. The summed E-state index contributed by atoms with van der Waals surface area (Å²) in [5, 5.41) is 17.3. The first-order valence-corrected chi connectivity index (χ1v) is 2.70. The maximum Gasteiger partial charge on any atom is 0.237 e. The van der Waals surface area contributed by atoms with Crippen LogP contribution in [0, 0.1) is 0 Å². The Hall–Kier alpha value is -1.32. The molecule has 11 heavy (non-hydrogen) atoms. The smallest absolute Gasteiger partial charge is 0.237 e. The van der Waals surface area contributed by atoms with Crippen LogP contribution in [0.1, 0.15) is 6.42 Å². The fourth-order valence-electron chi connectivity index (χ4n) is 0.416. The number of isocyanates is 2. The van der Waals surface area contributed by atoms with E-state index >= 15 is 0 Å². The van der Waals surface area contributed by atoms with E-state index in [0.717, 1.165) is 12.2 Å². The molecule has 0 fully saturated rings. The quantitative estimate of drug-likeness (QED) is 0.391. The molecule has 0 aromatic carbocycles. The lowest BCUT2D eigenvalue weighted by atomic mass is 10.3. The van der Waals surface area contributed by atoms with E-state index in [1.54, 1.807) is 0 Å². The van der Waals surface area contributed by atoms with Gasteiger partial charge in [0.15, 0.2) is 12.5 Å². The zero-order valence-corrected chi connectivity index (χ0v) is 5.47. The third kappa shape index (κ3) is 5.14. The number of nitrogens with zero attached hydrogens (tertiary/aromatic N) is 2. The van der Waals surface area contributed by atoms with Gasteiger partial charge in [0.05, 0.1) is 0 Å². The van der Waals surface area contributed by atoms with Gasteiger partial charge in [-0.15, -0.1) is 0 Å². The van der Waals surface area contributed by atoms with Crippen LogP contribution in [-0.2, 0) is 9.59 Å². The molecule has 0 saturated heterocycles. The van der Waals surface area contributed by atoms with Crippen molar-refractivity contribution < 1.29 is 19.8 Å². The van der Waals surface area contributed by atoms with Gasteiger partial charge in [-0.25, -0.2) is 9.59 Å². The summed E-state index contributed by atoms with van der Waals surface area (Å²) < 4.78 is 0. The van der Waals surface area contributed by atoms with E-state index in [0.29, 0.717) is 0 Å². The van der Waals surface area contributed by atoms with Crippen molar-refractivity contribution in [1.29, 1.82) is 0 Å². The average molecular weight is 158 g/mol. The van der Waals surface area contributed by atoms with Crippen LogP contribution in [0.4, 0.5) is 0 Å². The highest BCUT2D eigenvalue weighted by atomic mass is 16.3. The summed E-state index contributed by atoms with van der Waals surface area (Å²) in [6.07, 6.45) is -0.888. The third-order valence-electron chi connectivity index (χ3n) is 0.825. The van der Waals surface area contributed by atoms with Crippen LogP contribution in [-0.4, -0.2) is 34.8 Å². The Morgan fingerprint density at radius 3 is 1.73 bits per heavy atom. The Morgan fingerprint density at radius 1 is 1.09 bits per heavy atom. The van der Waals surface area contributed by atoms with Crippen LogP contribution in [0.25, 0.3) is 0 Å². The second-order valence-corrected chi connectivity index (χ2v) is 1.64. The van der Waals surface area contributed by atoms with Gasteiger partial charge < -0.3 is 10.2 Å². The van der Waals surface area contributed by atoms with Crippen molar-refractivity contribution in [3.8, 4) is 0 Å². The third-order valence-corrected chi connectivity index (χ3v) is 0.825. The molecular weight excluding hydrogens is 152 g/mol. The second kappa shape index (κ2) is 5.46. The molecule has 2 atom stereocenters. The Bertz CT molecular complexity index is 183. The standard InChI is InChI=1S/C5H6N2O4/c8-2-6-4(10)1-5(11)7-3-9/h4-5,10-11H,1H2. The predicted octanol–water partition coefficient (Wildman–Crippen LogP) is -1.32. The number of rotatable bonds is 4. The summed E-state index contributed by atoms with van der Waals surface area (Å²) in [5.74, 6) is 0. The molecule has 0 aliphatic rings. The van der Waals surface area contributed by atoms with Gasteiger partial charge in [-0.1, -0.05) is 0 Å². The van der Waals surface area contributed by atoms with E-state index in [4.69, 9.17) is 10.2 Å². The Morgan fingerprint density at radius 2 is 1.45 bits per heavy atom. The molecule has 0 aromatic rings. The molecule has 0 radical (unpaired) electrons. The summed E-state index contributed by atoms with van der Waals surface area (Å²) in [7, 11) is 0. The fourth-order valence-corrected chi connectivity index (χ4v) is 0.416. The molecule has 6 nitrogen and oxygen atoms in total. The Kier molecular flexibility index (Phi) is 4.81. The zero-order chi connectivity index (χ0) is 8.69. The summed E-state index contributed by atoms with van der Waals surface area (Å²) in [6.45, 7) is 0. The average Bonchev–Trinajstić information content (AvgIpc) is 1.87. The van der Waals surface area contributed by atoms with E-state index < -0.39 is 12.5 Å². The molecule has 0 rings (SSSR count). The molecule has 0 bridgehead atoms. The van der Waals surface area contributed by atoms with Gasteiger partial charge in [-0.05, 0) is 0 Å². The van der Waals surface area contributed by atoms with Crippen molar-refractivity contribution >= 4 is 12.2 Å². The number of carbonyl (C=O) groups excluding carboxylic acids is 2. The van der Waals surface area contributed by atoms with Crippen molar-refractivity contribution in [3.63, 3.8) is 0 Å². The molecule has 2 N–H and O–H groups in total. The second-order valence-electron chi connectivity index (χ2n) is 1.64. The topological polar surface area (TPSA) is 99.3 Å². The highest BCUT2D eigenvalue weighted by molar-refractivity contribution is 5.33. The lowest BCUT2D eigenvalue weighted by Gasteiger charge is -2.03. The summed E-state index contributed by atoms with van der Waals surface area (Å²) in [6, 6.07) is 0. The minimum Gasteiger partial charge on any atom is -0.371 e.